The van der Waals surface area contributed by atoms with Gasteiger partial charge in [-0.3, -0.25) is 0 Å². The first-order valence-corrected chi connectivity index (χ1v) is 6.39. The molecule has 0 amide bonds. The normalized spacial score (nSPS) is 10.5. The van der Waals surface area contributed by atoms with Crippen molar-refractivity contribution in [3.05, 3.63) is 72.2 Å². The van der Waals surface area contributed by atoms with Crippen LogP contribution in [0.1, 0.15) is 5.69 Å². The minimum atomic E-state index is -0.247. The quantitative estimate of drug-likeness (QED) is 0.691. The molecule has 0 spiro atoms. The van der Waals surface area contributed by atoms with E-state index >= 15 is 0 Å². The Morgan fingerprint density at radius 1 is 0.800 bits per heavy atom. The van der Waals surface area contributed by atoms with Gasteiger partial charge in [0.15, 0.2) is 5.82 Å². The van der Waals surface area contributed by atoms with Gasteiger partial charge in [-0.25, -0.2) is 14.4 Å². The maximum absolute atomic E-state index is 13.0. The summed E-state index contributed by atoms with van der Waals surface area (Å²) in [5.74, 6) is 0.438. The molecule has 0 aliphatic carbocycles. The summed E-state index contributed by atoms with van der Waals surface area (Å²) in [5, 5.41) is 0. The van der Waals surface area contributed by atoms with Crippen LogP contribution in [0.2, 0.25) is 0 Å². The molecule has 3 rings (SSSR count). The van der Waals surface area contributed by atoms with Crippen molar-refractivity contribution in [2.75, 3.05) is 0 Å². The topological polar surface area (TPSA) is 25.8 Å². The summed E-state index contributed by atoms with van der Waals surface area (Å²) in [7, 11) is 0. The third-order valence-electron chi connectivity index (χ3n) is 3.03. The van der Waals surface area contributed by atoms with Crippen LogP contribution in [-0.4, -0.2) is 9.97 Å². The minimum absolute atomic E-state index is 0.247. The van der Waals surface area contributed by atoms with E-state index in [1.54, 1.807) is 12.1 Å². The Bertz CT molecular complexity index is 722. The van der Waals surface area contributed by atoms with Crippen molar-refractivity contribution in [3.63, 3.8) is 0 Å². The molecule has 2 aromatic carbocycles. The van der Waals surface area contributed by atoms with Gasteiger partial charge in [0.25, 0.3) is 0 Å². The smallest absolute Gasteiger partial charge is 0.160 e. The summed E-state index contributed by atoms with van der Waals surface area (Å²) in [6.45, 7) is 1.93. The number of aryl methyl sites for hydroxylation is 1. The summed E-state index contributed by atoms with van der Waals surface area (Å²) in [4.78, 5) is 9.03. The molecule has 1 aromatic heterocycles. The van der Waals surface area contributed by atoms with E-state index in [1.165, 1.54) is 12.1 Å². The van der Waals surface area contributed by atoms with Crippen LogP contribution in [0.4, 0.5) is 4.39 Å². The Kier molecular flexibility index (Phi) is 3.25. The van der Waals surface area contributed by atoms with E-state index in [2.05, 4.69) is 9.97 Å². The maximum atomic E-state index is 13.0. The van der Waals surface area contributed by atoms with Gasteiger partial charge in [-0.2, -0.15) is 0 Å². The Labute approximate surface area is 117 Å². The zero-order chi connectivity index (χ0) is 13.9. The molecule has 0 radical (unpaired) electrons. The van der Waals surface area contributed by atoms with Crippen molar-refractivity contribution >= 4 is 0 Å². The van der Waals surface area contributed by atoms with Crippen LogP contribution >= 0.6 is 0 Å². The largest absolute Gasteiger partial charge is 0.233 e. The van der Waals surface area contributed by atoms with Gasteiger partial charge >= 0.3 is 0 Å². The summed E-state index contributed by atoms with van der Waals surface area (Å²) in [6.07, 6.45) is 0. The van der Waals surface area contributed by atoms with Crippen molar-refractivity contribution in [2.24, 2.45) is 0 Å². The number of aromatic nitrogens is 2. The first kappa shape index (κ1) is 12.5. The predicted octanol–water partition coefficient (Wildman–Crippen LogP) is 4.26. The summed E-state index contributed by atoms with van der Waals surface area (Å²) in [5.41, 5.74) is 3.54. The van der Waals surface area contributed by atoms with Crippen molar-refractivity contribution < 1.29 is 4.39 Å². The molecule has 3 heteroatoms. The van der Waals surface area contributed by atoms with Gasteiger partial charge in [0.2, 0.25) is 0 Å². The fraction of sp³-hybridized carbons (Fsp3) is 0.0588. The van der Waals surface area contributed by atoms with Crippen molar-refractivity contribution in [3.8, 4) is 22.6 Å². The van der Waals surface area contributed by atoms with Crippen LogP contribution in [-0.2, 0) is 0 Å². The molecule has 0 saturated carbocycles. The lowest BCUT2D eigenvalue weighted by Crippen LogP contribution is -1.95. The second-order valence-corrected chi connectivity index (χ2v) is 4.59. The number of nitrogens with zero attached hydrogens (tertiary/aromatic N) is 2. The van der Waals surface area contributed by atoms with Gasteiger partial charge in [0.05, 0.1) is 5.69 Å². The van der Waals surface area contributed by atoms with Crippen molar-refractivity contribution in [1.82, 2.24) is 9.97 Å². The average Bonchev–Trinajstić information content (AvgIpc) is 2.48. The molecular weight excluding hydrogens is 251 g/mol. The first-order chi connectivity index (χ1) is 9.72. The van der Waals surface area contributed by atoms with Crippen LogP contribution < -0.4 is 0 Å². The molecule has 20 heavy (non-hydrogen) atoms. The monoisotopic (exact) mass is 264 g/mol. The zero-order valence-electron chi connectivity index (χ0n) is 11.0. The molecule has 0 aliphatic rings. The van der Waals surface area contributed by atoms with E-state index in [9.17, 15) is 4.39 Å². The predicted molar refractivity (Wildman–Crippen MR) is 77.6 cm³/mol. The van der Waals surface area contributed by atoms with E-state index < -0.39 is 0 Å². The molecule has 0 aliphatic heterocycles. The van der Waals surface area contributed by atoms with Crippen molar-refractivity contribution in [2.45, 2.75) is 6.92 Å². The Balaban J connectivity index is 2.09. The zero-order valence-corrected chi connectivity index (χ0v) is 11.0. The highest BCUT2D eigenvalue weighted by atomic mass is 19.1. The van der Waals surface area contributed by atoms with E-state index in [-0.39, 0.29) is 5.82 Å². The fourth-order valence-corrected chi connectivity index (χ4v) is 2.05. The lowest BCUT2D eigenvalue weighted by Gasteiger charge is -2.06. The van der Waals surface area contributed by atoms with Gasteiger partial charge in [0, 0.05) is 16.8 Å². The maximum Gasteiger partial charge on any atom is 0.160 e. The second-order valence-electron chi connectivity index (χ2n) is 4.59. The molecule has 0 atom stereocenters. The second kappa shape index (κ2) is 5.21. The van der Waals surface area contributed by atoms with Crippen LogP contribution in [0.15, 0.2) is 60.7 Å². The standard InChI is InChI=1S/C17H13FN2/c1-12-11-16(13-7-9-15(18)10-8-13)20-17(19-12)14-5-3-2-4-6-14/h2-11H,1H3. The lowest BCUT2D eigenvalue weighted by atomic mass is 10.1. The minimum Gasteiger partial charge on any atom is -0.233 e. The van der Waals surface area contributed by atoms with Gasteiger partial charge in [-0.15, -0.1) is 0 Å². The Morgan fingerprint density at radius 3 is 2.20 bits per heavy atom. The SMILES string of the molecule is Cc1cc(-c2ccc(F)cc2)nc(-c2ccccc2)n1. The highest BCUT2D eigenvalue weighted by Gasteiger charge is 2.06. The number of hydrogen-bond donors (Lipinski definition) is 0. The van der Waals surface area contributed by atoms with Gasteiger partial charge in [-0.05, 0) is 37.3 Å². The molecule has 0 saturated heterocycles. The van der Waals surface area contributed by atoms with Crippen LogP contribution in [0.3, 0.4) is 0 Å². The lowest BCUT2D eigenvalue weighted by molar-refractivity contribution is 0.628. The van der Waals surface area contributed by atoms with E-state index in [1.807, 2.05) is 43.3 Å². The number of rotatable bonds is 2. The number of hydrogen-bond acceptors (Lipinski definition) is 2. The third-order valence-corrected chi connectivity index (χ3v) is 3.03. The van der Waals surface area contributed by atoms with Gasteiger partial charge in [-0.1, -0.05) is 30.3 Å². The first-order valence-electron chi connectivity index (χ1n) is 6.39. The highest BCUT2D eigenvalue weighted by molar-refractivity contribution is 5.64. The van der Waals surface area contributed by atoms with Gasteiger partial charge < -0.3 is 0 Å². The Morgan fingerprint density at radius 2 is 1.50 bits per heavy atom. The molecule has 0 fully saturated rings. The highest BCUT2D eigenvalue weighted by Crippen LogP contribution is 2.22. The van der Waals surface area contributed by atoms with Crippen LogP contribution in [0, 0.1) is 12.7 Å². The summed E-state index contributed by atoms with van der Waals surface area (Å²) < 4.78 is 13.0. The van der Waals surface area contributed by atoms with Crippen LogP contribution in [0.25, 0.3) is 22.6 Å². The number of benzene rings is 2. The van der Waals surface area contributed by atoms with E-state index in [0.29, 0.717) is 5.82 Å². The molecule has 0 unspecified atom stereocenters. The average molecular weight is 264 g/mol. The molecule has 1 heterocycles. The van der Waals surface area contributed by atoms with E-state index in [0.717, 1.165) is 22.5 Å². The molecular formula is C17H13FN2. The van der Waals surface area contributed by atoms with Crippen LogP contribution in [0.5, 0.6) is 0 Å². The molecule has 98 valence electrons. The fourth-order valence-electron chi connectivity index (χ4n) is 2.05. The molecule has 0 N–H and O–H groups in total. The molecule has 0 bridgehead atoms. The van der Waals surface area contributed by atoms with Crippen molar-refractivity contribution in [1.29, 1.82) is 0 Å². The molecule has 3 aromatic rings. The number of halogens is 1. The summed E-state index contributed by atoms with van der Waals surface area (Å²) in [6, 6.07) is 18.1. The van der Waals surface area contributed by atoms with E-state index in [4.69, 9.17) is 0 Å². The Hall–Kier alpha value is -2.55. The summed E-state index contributed by atoms with van der Waals surface area (Å²) >= 11 is 0. The van der Waals surface area contributed by atoms with Gasteiger partial charge in [0.1, 0.15) is 5.82 Å². The molecule has 2 nitrogen and oxygen atoms in total. The third kappa shape index (κ3) is 2.57.